The van der Waals surface area contributed by atoms with Crippen molar-refractivity contribution in [3.63, 3.8) is 0 Å². The van der Waals surface area contributed by atoms with E-state index in [0.29, 0.717) is 11.7 Å². The Hall–Kier alpha value is -8.28. The van der Waals surface area contributed by atoms with Gasteiger partial charge in [-0.1, -0.05) is 157 Å². The van der Waals surface area contributed by atoms with E-state index in [2.05, 4.69) is 135 Å². The molecular formula is C62H54N4. The second-order valence-electron chi connectivity index (χ2n) is 16.5. The monoisotopic (exact) mass is 854 g/mol. The Morgan fingerprint density at radius 2 is 0.712 bits per heavy atom. The Balaban J connectivity index is 1.24. The predicted octanol–water partition coefficient (Wildman–Crippen LogP) is 12.8. The van der Waals surface area contributed by atoms with Crippen molar-refractivity contribution in [1.29, 1.82) is 0 Å². The van der Waals surface area contributed by atoms with Crippen molar-refractivity contribution >= 4 is 11.7 Å². The third-order valence-electron chi connectivity index (χ3n) is 11.4. The molecule has 0 aromatic heterocycles. The zero-order valence-corrected chi connectivity index (χ0v) is 38.5. The predicted molar refractivity (Wildman–Crippen MR) is 275 cm³/mol. The van der Waals surface area contributed by atoms with Gasteiger partial charge in [-0.15, -0.1) is 12.8 Å². The van der Waals surface area contributed by atoms with Crippen molar-refractivity contribution < 1.29 is 0 Å². The summed E-state index contributed by atoms with van der Waals surface area (Å²) in [7, 11) is 0. The van der Waals surface area contributed by atoms with Gasteiger partial charge in [0.1, 0.15) is 11.7 Å². The van der Waals surface area contributed by atoms with E-state index < -0.39 is 0 Å². The Morgan fingerprint density at radius 3 is 1.03 bits per heavy atom. The van der Waals surface area contributed by atoms with Crippen LogP contribution in [0.5, 0.6) is 0 Å². The van der Waals surface area contributed by atoms with Gasteiger partial charge in [-0.25, -0.2) is 0 Å². The van der Waals surface area contributed by atoms with E-state index in [1.807, 2.05) is 123 Å². The Labute approximate surface area is 392 Å². The Kier molecular flexibility index (Phi) is 15.2. The molecule has 0 heterocycles. The fraction of sp³-hybridized carbons (Fsp3) is 0.161. The first kappa shape index (κ1) is 45.7. The molecule has 7 aromatic carbocycles. The van der Waals surface area contributed by atoms with Gasteiger partial charge in [0.05, 0.1) is 12.1 Å². The number of terminal acetylenes is 2. The van der Waals surface area contributed by atoms with E-state index >= 15 is 0 Å². The van der Waals surface area contributed by atoms with Crippen molar-refractivity contribution in [2.45, 2.75) is 65.7 Å². The molecule has 0 aliphatic heterocycles. The van der Waals surface area contributed by atoms with E-state index in [9.17, 15) is 0 Å². The lowest BCUT2D eigenvalue weighted by atomic mass is 9.95. The molecule has 7 aromatic rings. The lowest BCUT2D eigenvalue weighted by molar-refractivity contribution is 0.702. The average Bonchev–Trinajstić information content (AvgIpc) is 3.35. The third kappa shape index (κ3) is 11.6. The molecule has 0 aliphatic carbocycles. The molecule has 0 saturated carbocycles. The summed E-state index contributed by atoms with van der Waals surface area (Å²) in [6.45, 7) is 12.5. The van der Waals surface area contributed by atoms with Crippen molar-refractivity contribution in [1.82, 2.24) is 10.6 Å². The van der Waals surface area contributed by atoms with Gasteiger partial charge < -0.3 is 10.6 Å². The molecule has 0 saturated heterocycles. The van der Waals surface area contributed by atoms with Crippen LogP contribution in [-0.2, 0) is 0 Å². The Bertz CT molecular complexity index is 2840. The van der Waals surface area contributed by atoms with Crippen LogP contribution in [0.2, 0.25) is 0 Å². The largest absolute Gasteiger partial charge is 0.363 e. The summed E-state index contributed by atoms with van der Waals surface area (Å²) < 4.78 is 0. The van der Waals surface area contributed by atoms with Crippen molar-refractivity contribution in [3.05, 3.63) is 248 Å². The van der Waals surface area contributed by atoms with Gasteiger partial charge in [0.15, 0.2) is 0 Å². The summed E-state index contributed by atoms with van der Waals surface area (Å²) in [5, 5.41) is 7.44. The number of hydrogen-bond donors (Lipinski definition) is 2. The summed E-state index contributed by atoms with van der Waals surface area (Å²) >= 11 is 0. The molecule has 0 aliphatic rings. The maximum absolute atomic E-state index is 6.23. The average molecular weight is 855 g/mol. The number of nitrogens with one attached hydrogen (secondary N) is 2. The molecule has 0 unspecified atom stereocenters. The summed E-state index contributed by atoms with van der Waals surface area (Å²) in [4.78, 5) is 10.6. The smallest absolute Gasteiger partial charge is 0.131 e. The molecule has 0 radical (unpaired) electrons. The SMILES string of the molecule is C#Cc1cc(C)cc(C#Cc2ccc(C#Cc3cc(C)cc(C#C)c3C(=N[C@H](C)c3ccccc3)N[C@H](C)c3ccccc3)cc2)c1C(=N[C@H](C)c1ccccc1)N[C@H](C)c1ccccc1. The molecule has 322 valence electrons. The van der Waals surface area contributed by atoms with E-state index in [1.165, 1.54) is 0 Å². The van der Waals surface area contributed by atoms with E-state index in [1.54, 1.807) is 0 Å². The molecule has 4 atom stereocenters. The minimum absolute atomic E-state index is 0.0470. The molecular weight excluding hydrogens is 801 g/mol. The minimum atomic E-state index is -0.141. The van der Waals surface area contributed by atoms with Gasteiger partial charge in [0.2, 0.25) is 0 Å². The van der Waals surface area contributed by atoms with Crippen LogP contribution in [0.15, 0.2) is 180 Å². The molecule has 0 amide bonds. The highest BCUT2D eigenvalue weighted by Gasteiger charge is 2.21. The van der Waals surface area contributed by atoms with Gasteiger partial charge in [-0.2, -0.15) is 0 Å². The second-order valence-corrected chi connectivity index (χ2v) is 16.5. The van der Waals surface area contributed by atoms with Gasteiger partial charge in [0, 0.05) is 56.6 Å². The quantitative estimate of drug-likeness (QED) is 0.0818. The number of rotatable bonds is 10. The number of aryl methyl sites for hydroxylation is 2. The second kappa shape index (κ2) is 21.9. The summed E-state index contributed by atoms with van der Waals surface area (Å²) in [5.41, 5.74) is 12.8. The highest BCUT2D eigenvalue weighted by atomic mass is 15.0. The van der Waals surface area contributed by atoms with E-state index in [0.717, 1.165) is 77.9 Å². The van der Waals surface area contributed by atoms with Crippen LogP contribution in [0.1, 0.15) is 130 Å². The number of nitrogens with zero attached hydrogens (tertiary/aromatic N) is 2. The number of hydrogen-bond acceptors (Lipinski definition) is 2. The van der Waals surface area contributed by atoms with Crippen molar-refractivity contribution in [2.75, 3.05) is 0 Å². The topological polar surface area (TPSA) is 48.8 Å². The van der Waals surface area contributed by atoms with Gasteiger partial charge in [-0.05, 0) is 123 Å². The summed E-state index contributed by atoms with van der Waals surface area (Å²) in [5.74, 6) is 21.1. The van der Waals surface area contributed by atoms with Crippen LogP contribution in [0.3, 0.4) is 0 Å². The number of benzene rings is 7. The normalized spacial score (nSPS) is 13.0. The zero-order valence-electron chi connectivity index (χ0n) is 38.5. The van der Waals surface area contributed by atoms with Gasteiger partial charge in [-0.3, -0.25) is 9.98 Å². The number of amidine groups is 2. The highest BCUT2D eigenvalue weighted by Crippen LogP contribution is 2.26. The molecule has 7 rings (SSSR count). The van der Waals surface area contributed by atoms with Crippen LogP contribution in [0.25, 0.3) is 0 Å². The van der Waals surface area contributed by atoms with Crippen LogP contribution in [-0.4, -0.2) is 11.7 Å². The van der Waals surface area contributed by atoms with Crippen LogP contribution >= 0.6 is 0 Å². The lowest BCUT2D eigenvalue weighted by Gasteiger charge is -2.22. The van der Waals surface area contributed by atoms with Crippen molar-refractivity contribution in [3.8, 4) is 48.4 Å². The van der Waals surface area contributed by atoms with E-state index in [-0.39, 0.29) is 24.2 Å². The van der Waals surface area contributed by atoms with Crippen LogP contribution in [0, 0.1) is 62.2 Å². The van der Waals surface area contributed by atoms with Gasteiger partial charge in [0.25, 0.3) is 0 Å². The summed E-state index contributed by atoms with van der Waals surface area (Å²) in [6, 6.07) is 57.0. The van der Waals surface area contributed by atoms with Gasteiger partial charge >= 0.3 is 0 Å². The fourth-order valence-corrected chi connectivity index (χ4v) is 7.83. The molecule has 0 bridgehead atoms. The maximum Gasteiger partial charge on any atom is 0.131 e. The summed E-state index contributed by atoms with van der Waals surface area (Å²) in [6.07, 6.45) is 12.5. The third-order valence-corrected chi connectivity index (χ3v) is 11.4. The van der Waals surface area contributed by atoms with Crippen molar-refractivity contribution in [2.24, 2.45) is 9.98 Å². The van der Waals surface area contributed by atoms with Crippen LogP contribution in [0.4, 0.5) is 0 Å². The number of aliphatic imine (C=N–C) groups is 2. The fourth-order valence-electron chi connectivity index (χ4n) is 7.83. The molecule has 0 spiro atoms. The minimum Gasteiger partial charge on any atom is -0.363 e. The molecule has 66 heavy (non-hydrogen) atoms. The maximum atomic E-state index is 6.23. The lowest BCUT2D eigenvalue weighted by Crippen LogP contribution is -2.30. The molecule has 2 N–H and O–H groups in total. The Morgan fingerprint density at radius 1 is 0.409 bits per heavy atom. The molecule has 4 nitrogen and oxygen atoms in total. The first-order chi connectivity index (χ1) is 32.1. The van der Waals surface area contributed by atoms with Crippen LogP contribution < -0.4 is 10.6 Å². The van der Waals surface area contributed by atoms with E-state index in [4.69, 9.17) is 22.8 Å². The highest BCUT2D eigenvalue weighted by molar-refractivity contribution is 6.04. The first-order valence-corrected chi connectivity index (χ1v) is 22.4. The standard InChI is InChI=1S/C62H54N4/c1-9-51-39-43(3)41-57(59(51)61(63-45(5)53-23-15-11-16-24-53)64-46(6)54-25-17-12-18-26-54)37-35-49-31-33-50(34-32-49)36-38-58-42-44(4)40-52(10-2)60(58)62(65-47(7)55-27-19-13-20-28-55)66-48(8)56-29-21-14-22-30-56/h1-2,11-34,39-42,45-48H,3-8H3,(H,63,64)(H,65,66)/t45-,46-,47-,48-/m1/s1. The molecule has 4 heteroatoms. The molecule has 0 fully saturated rings. The zero-order chi connectivity index (χ0) is 46.4. The first-order valence-electron chi connectivity index (χ1n) is 22.4.